The molecule has 0 unspecified atom stereocenters. The second kappa shape index (κ2) is 7.56. The summed E-state index contributed by atoms with van der Waals surface area (Å²) in [7, 11) is 1.36. The maximum atomic E-state index is 13.7. The number of hydrogen-bond donors (Lipinski definition) is 2. The van der Waals surface area contributed by atoms with Crippen molar-refractivity contribution in [2.24, 2.45) is 5.92 Å². The molecule has 1 saturated carbocycles. The predicted octanol–water partition coefficient (Wildman–Crippen LogP) is 3.62. The van der Waals surface area contributed by atoms with Crippen LogP contribution in [0.1, 0.15) is 34.8 Å². The highest BCUT2D eigenvalue weighted by atomic mass is 19.1. The number of para-hydroxylation sites is 1. The van der Waals surface area contributed by atoms with Crippen LogP contribution in [0, 0.1) is 11.7 Å². The molecule has 144 valence electrons. The third kappa shape index (κ3) is 3.55. The Morgan fingerprint density at radius 2 is 2.04 bits per heavy atom. The number of pyridine rings is 1. The smallest absolute Gasteiger partial charge is 0.251 e. The molecule has 28 heavy (non-hydrogen) atoms. The molecule has 5 nitrogen and oxygen atoms in total. The Hall–Kier alpha value is -2.99. The summed E-state index contributed by atoms with van der Waals surface area (Å²) in [6, 6.07) is 13.5. The Balaban J connectivity index is 1.63. The summed E-state index contributed by atoms with van der Waals surface area (Å²) in [6.07, 6.45) is 2.65. The number of nitrogens with zero attached hydrogens (tertiary/aromatic N) is 1. The van der Waals surface area contributed by atoms with Gasteiger partial charge in [0.1, 0.15) is 0 Å². The number of halogens is 1. The van der Waals surface area contributed by atoms with E-state index in [1.807, 2.05) is 30.3 Å². The van der Waals surface area contributed by atoms with Crippen LogP contribution in [0.15, 0.2) is 54.7 Å². The number of carbonyl (C=O) groups excluding carboxylic acids is 1. The van der Waals surface area contributed by atoms with Gasteiger partial charge in [-0.2, -0.15) is 0 Å². The quantitative estimate of drug-likeness (QED) is 0.709. The Bertz CT molecular complexity index is 1020. The van der Waals surface area contributed by atoms with E-state index in [-0.39, 0.29) is 29.7 Å². The van der Waals surface area contributed by atoms with E-state index < -0.39 is 5.82 Å². The molecule has 2 aromatic carbocycles. The number of benzene rings is 2. The molecule has 4 rings (SSSR count). The number of carbonyl (C=O) groups is 1. The fraction of sp³-hybridized carbons (Fsp3) is 0.273. The Morgan fingerprint density at radius 3 is 2.79 bits per heavy atom. The largest absolute Gasteiger partial charge is 0.494 e. The van der Waals surface area contributed by atoms with Gasteiger partial charge in [-0.05, 0) is 54.7 Å². The number of rotatable bonds is 5. The first kappa shape index (κ1) is 18.4. The van der Waals surface area contributed by atoms with Gasteiger partial charge in [-0.1, -0.05) is 18.2 Å². The maximum Gasteiger partial charge on any atom is 0.251 e. The highest BCUT2D eigenvalue weighted by Crippen LogP contribution is 2.38. The Labute approximate surface area is 162 Å². The van der Waals surface area contributed by atoms with E-state index in [0.717, 1.165) is 16.5 Å². The summed E-state index contributed by atoms with van der Waals surface area (Å²) in [5, 5.41) is 13.8. The highest BCUT2D eigenvalue weighted by Gasteiger charge is 2.36. The third-order valence-corrected chi connectivity index (χ3v) is 5.29. The molecule has 3 aromatic rings. The maximum absolute atomic E-state index is 13.7. The lowest BCUT2D eigenvalue weighted by Gasteiger charge is -2.38. The van der Waals surface area contributed by atoms with Crippen LogP contribution in [0.4, 0.5) is 4.39 Å². The van der Waals surface area contributed by atoms with E-state index in [9.17, 15) is 14.3 Å². The molecule has 2 N–H and O–H groups in total. The normalized spacial score (nSPS) is 19.7. The second-order valence-electron chi connectivity index (χ2n) is 7.15. The molecule has 1 aromatic heterocycles. The molecule has 1 atom stereocenters. The first-order valence-electron chi connectivity index (χ1n) is 9.22. The summed E-state index contributed by atoms with van der Waals surface area (Å²) in [4.78, 5) is 17.3. The molecule has 6 heteroatoms. The van der Waals surface area contributed by atoms with Crippen LogP contribution in [-0.2, 0) is 0 Å². The van der Waals surface area contributed by atoms with Crippen molar-refractivity contribution in [1.82, 2.24) is 10.3 Å². The highest BCUT2D eigenvalue weighted by molar-refractivity contribution is 5.95. The van der Waals surface area contributed by atoms with Crippen LogP contribution in [0.25, 0.3) is 10.9 Å². The summed E-state index contributed by atoms with van der Waals surface area (Å²) < 4.78 is 18.6. The lowest BCUT2D eigenvalue weighted by atomic mass is 9.75. The lowest BCUT2D eigenvalue weighted by Crippen LogP contribution is -2.41. The van der Waals surface area contributed by atoms with Gasteiger partial charge in [0.15, 0.2) is 11.6 Å². The standard InChI is InChI=1S/C22H21FN2O3/c1-28-20-11-14(6-7-18(20)23)22(27)25-21(15-9-17(26)10-15)16-8-13-4-2-3-5-19(13)24-12-16/h2-8,11-12,15,17,21,26H,9-10H2,1H3,(H,25,27)/t15?,17?,21-/m0/s1. The van der Waals surface area contributed by atoms with Gasteiger partial charge in [0.05, 0.1) is 24.8 Å². The number of aliphatic hydroxyl groups is 1. The van der Waals surface area contributed by atoms with Gasteiger partial charge in [0.25, 0.3) is 5.91 Å². The van der Waals surface area contributed by atoms with Crippen LogP contribution < -0.4 is 10.1 Å². The predicted molar refractivity (Wildman–Crippen MR) is 104 cm³/mol. The van der Waals surface area contributed by atoms with Crippen molar-refractivity contribution >= 4 is 16.8 Å². The minimum atomic E-state index is -0.517. The van der Waals surface area contributed by atoms with Gasteiger partial charge >= 0.3 is 0 Å². The third-order valence-electron chi connectivity index (χ3n) is 5.29. The van der Waals surface area contributed by atoms with Gasteiger partial charge in [-0.25, -0.2) is 4.39 Å². The Kier molecular flexibility index (Phi) is 4.96. The van der Waals surface area contributed by atoms with Crippen molar-refractivity contribution in [2.75, 3.05) is 7.11 Å². The first-order chi connectivity index (χ1) is 13.5. The number of fused-ring (bicyclic) bond motifs is 1. The summed E-state index contributed by atoms with van der Waals surface area (Å²) in [5.74, 6) is -0.700. The van der Waals surface area contributed by atoms with E-state index in [1.54, 1.807) is 6.20 Å². The van der Waals surface area contributed by atoms with Crippen molar-refractivity contribution in [3.8, 4) is 5.75 Å². The molecule has 1 heterocycles. The zero-order chi connectivity index (χ0) is 19.7. The minimum Gasteiger partial charge on any atom is -0.494 e. The average Bonchev–Trinajstić information content (AvgIpc) is 2.69. The van der Waals surface area contributed by atoms with Gasteiger partial charge in [0.2, 0.25) is 0 Å². The van der Waals surface area contributed by atoms with Crippen molar-refractivity contribution < 1.29 is 19.0 Å². The van der Waals surface area contributed by atoms with E-state index in [4.69, 9.17) is 4.74 Å². The van der Waals surface area contributed by atoms with Crippen LogP contribution >= 0.6 is 0 Å². The molecule has 1 fully saturated rings. The molecule has 1 aliphatic carbocycles. The van der Waals surface area contributed by atoms with Crippen LogP contribution in [0.5, 0.6) is 5.75 Å². The molecule has 0 saturated heterocycles. The number of aromatic nitrogens is 1. The number of amides is 1. The van der Waals surface area contributed by atoms with Crippen LogP contribution in [-0.4, -0.2) is 29.2 Å². The zero-order valence-electron chi connectivity index (χ0n) is 15.4. The number of hydrogen-bond acceptors (Lipinski definition) is 4. The van der Waals surface area contributed by atoms with E-state index in [0.29, 0.717) is 18.4 Å². The van der Waals surface area contributed by atoms with Crippen molar-refractivity contribution in [1.29, 1.82) is 0 Å². The molecular formula is C22H21FN2O3. The molecule has 0 bridgehead atoms. The number of nitrogens with one attached hydrogen (secondary N) is 1. The van der Waals surface area contributed by atoms with Gasteiger partial charge < -0.3 is 15.2 Å². The second-order valence-corrected chi connectivity index (χ2v) is 7.15. The van der Waals surface area contributed by atoms with Crippen molar-refractivity contribution in [3.63, 3.8) is 0 Å². The topological polar surface area (TPSA) is 71.5 Å². The molecule has 0 spiro atoms. The Morgan fingerprint density at radius 1 is 1.25 bits per heavy atom. The molecule has 1 amide bonds. The van der Waals surface area contributed by atoms with Gasteiger partial charge in [0, 0.05) is 17.1 Å². The lowest BCUT2D eigenvalue weighted by molar-refractivity contribution is 0.0235. The van der Waals surface area contributed by atoms with Gasteiger partial charge in [-0.15, -0.1) is 0 Å². The number of aliphatic hydroxyl groups excluding tert-OH is 1. The fourth-order valence-electron chi connectivity index (χ4n) is 3.66. The van der Waals surface area contributed by atoms with E-state index in [1.165, 1.54) is 25.3 Å². The average molecular weight is 380 g/mol. The first-order valence-corrected chi connectivity index (χ1v) is 9.22. The van der Waals surface area contributed by atoms with Gasteiger partial charge in [-0.3, -0.25) is 9.78 Å². The minimum absolute atomic E-state index is 0.0237. The van der Waals surface area contributed by atoms with Crippen molar-refractivity contribution in [2.45, 2.75) is 25.0 Å². The zero-order valence-corrected chi connectivity index (χ0v) is 15.4. The number of methoxy groups -OCH3 is 1. The molecular weight excluding hydrogens is 359 g/mol. The monoisotopic (exact) mass is 380 g/mol. The molecule has 0 aliphatic heterocycles. The summed E-state index contributed by atoms with van der Waals surface area (Å²) in [6.45, 7) is 0. The summed E-state index contributed by atoms with van der Waals surface area (Å²) in [5.41, 5.74) is 2.09. The summed E-state index contributed by atoms with van der Waals surface area (Å²) >= 11 is 0. The SMILES string of the molecule is COc1cc(C(=O)N[C@H](c2cnc3ccccc3c2)C2CC(O)C2)ccc1F. The molecule has 1 aliphatic rings. The van der Waals surface area contributed by atoms with E-state index in [2.05, 4.69) is 10.3 Å². The fourth-order valence-corrected chi connectivity index (χ4v) is 3.66. The van der Waals surface area contributed by atoms with Crippen molar-refractivity contribution in [3.05, 3.63) is 71.7 Å². The molecule has 0 radical (unpaired) electrons. The number of ether oxygens (including phenoxy) is 1. The van der Waals surface area contributed by atoms with E-state index >= 15 is 0 Å². The van der Waals surface area contributed by atoms with Crippen LogP contribution in [0.3, 0.4) is 0 Å². The van der Waals surface area contributed by atoms with Crippen LogP contribution in [0.2, 0.25) is 0 Å².